The van der Waals surface area contributed by atoms with Gasteiger partial charge >= 0.3 is 12.0 Å². The predicted molar refractivity (Wildman–Crippen MR) is 105 cm³/mol. The van der Waals surface area contributed by atoms with Crippen molar-refractivity contribution in [1.82, 2.24) is 15.6 Å². The van der Waals surface area contributed by atoms with Crippen LogP contribution in [-0.2, 0) is 17.6 Å². The van der Waals surface area contributed by atoms with Crippen molar-refractivity contribution in [3.63, 3.8) is 0 Å². The van der Waals surface area contributed by atoms with Crippen LogP contribution in [-0.4, -0.2) is 28.1 Å². The summed E-state index contributed by atoms with van der Waals surface area (Å²) in [7, 11) is 0. The van der Waals surface area contributed by atoms with Crippen molar-refractivity contribution in [2.24, 2.45) is 0 Å². The Morgan fingerprint density at radius 2 is 1.89 bits per heavy atom. The summed E-state index contributed by atoms with van der Waals surface area (Å²) >= 11 is 0. The Balaban J connectivity index is 2.00. The van der Waals surface area contributed by atoms with E-state index < -0.39 is 5.97 Å². The Hall–Kier alpha value is -2.89. The summed E-state index contributed by atoms with van der Waals surface area (Å²) < 4.78 is 0. The number of nitrogens with one attached hydrogen (secondary N) is 2. The molecule has 6 nitrogen and oxygen atoms in total. The summed E-state index contributed by atoms with van der Waals surface area (Å²) in [5, 5.41) is 14.9. The van der Waals surface area contributed by atoms with Crippen LogP contribution in [0.1, 0.15) is 49.4 Å². The van der Waals surface area contributed by atoms with Crippen molar-refractivity contribution in [3.8, 4) is 0 Å². The highest BCUT2D eigenvalue weighted by molar-refractivity contribution is 5.75. The molecule has 0 aliphatic carbocycles. The van der Waals surface area contributed by atoms with E-state index in [1.807, 2.05) is 49.5 Å². The van der Waals surface area contributed by atoms with Gasteiger partial charge in [0.1, 0.15) is 0 Å². The molecule has 1 aromatic carbocycles. The Kier molecular flexibility index (Phi) is 7.79. The number of pyridine rings is 1. The number of rotatable bonds is 9. The van der Waals surface area contributed by atoms with Crippen LogP contribution in [0, 0.1) is 0 Å². The van der Waals surface area contributed by atoms with E-state index in [1.165, 1.54) is 0 Å². The Bertz CT molecular complexity index is 749. The molecular formula is C21H27N3O3. The second-order valence-electron chi connectivity index (χ2n) is 6.59. The smallest absolute Gasteiger partial charge is 0.315 e. The molecule has 2 atom stereocenters. The number of hydrogen-bond donors (Lipinski definition) is 3. The molecule has 0 fully saturated rings. The molecule has 1 heterocycles. The van der Waals surface area contributed by atoms with E-state index in [1.54, 1.807) is 6.20 Å². The Morgan fingerprint density at radius 1 is 1.15 bits per heavy atom. The predicted octanol–water partition coefficient (Wildman–Crippen LogP) is 3.48. The van der Waals surface area contributed by atoms with Crippen LogP contribution >= 0.6 is 0 Å². The minimum absolute atomic E-state index is 0.0116. The Labute approximate surface area is 160 Å². The van der Waals surface area contributed by atoms with Crippen molar-refractivity contribution in [3.05, 3.63) is 65.5 Å². The van der Waals surface area contributed by atoms with Crippen LogP contribution in [0.2, 0.25) is 0 Å². The fraction of sp³-hybridized carbons (Fsp3) is 0.381. The van der Waals surface area contributed by atoms with E-state index in [0.717, 1.165) is 23.1 Å². The number of hydrogen-bond acceptors (Lipinski definition) is 3. The first-order valence-corrected chi connectivity index (χ1v) is 9.25. The number of carbonyl (C=O) groups excluding carboxylic acids is 1. The molecule has 0 aliphatic heterocycles. The molecule has 0 spiro atoms. The Morgan fingerprint density at radius 3 is 2.56 bits per heavy atom. The normalized spacial score (nSPS) is 12.8. The van der Waals surface area contributed by atoms with Crippen molar-refractivity contribution < 1.29 is 14.7 Å². The highest BCUT2D eigenvalue weighted by Crippen LogP contribution is 2.17. The highest BCUT2D eigenvalue weighted by atomic mass is 16.4. The number of urea groups is 1. The maximum absolute atomic E-state index is 12.5. The van der Waals surface area contributed by atoms with Crippen molar-refractivity contribution in [1.29, 1.82) is 0 Å². The van der Waals surface area contributed by atoms with Crippen LogP contribution in [0.25, 0.3) is 0 Å². The molecule has 2 unspecified atom stereocenters. The van der Waals surface area contributed by atoms with Crippen molar-refractivity contribution >= 4 is 12.0 Å². The first kappa shape index (κ1) is 20.4. The molecule has 6 heteroatoms. The molecule has 3 N–H and O–H groups in total. The lowest BCUT2D eigenvalue weighted by atomic mass is 10.0. The van der Waals surface area contributed by atoms with Crippen LogP contribution in [0.15, 0.2) is 48.8 Å². The lowest BCUT2D eigenvalue weighted by Crippen LogP contribution is -2.44. The van der Waals surface area contributed by atoms with Gasteiger partial charge in [-0.25, -0.2) is 4.79 Å². The lowest BCUT2D eigenvalue weighted by Gasteiger charge is -2.22. The number of aromatic nitrogens is 1. The van der Waals surface area contributed by atoms with Gasteiger partial charge in [-0.2, -0.15) is 0 Å². The molecule has 2 amide bonds. The zero-order valence-corrected chi connectivity index (χ0v) is 15.8. The van der Waals surface area contributed by atoms with Gasteiger partial charge in [-0.1, -0.05) is 37.3 Å². The number of carbonyl (C=O) groups is 2. The largest absolute Gasteiger partial charge is 0.481 e. The monoisotopic (exact) mass is 369 g/mol. The summed E-state index contributed by atoms with van der Waals surface area (Å²) in [5.74, 6) is -0.868. The number of nitrogens with zero attached hydrogens (tertiary/aromatic N) is 1. The van der Waals surface area contributed by atoms with E-state index in [9.17, 15) is 9.59 Å². The van der Waals surface area contributed by atoms with Crippen molar-refractivity contribution in [2.75, 3.05) is 0 Å². The second kappa shape index (κ2) is 10.3. The molecule has 0 radical (unpaired) electrons. The van der Waals surface area contributed by atoms with Gasteiger partial charge in [0.05, 0.1) is 6.04 Å². The van der Waals surface area contributed by atoms with Gasteiger partial charge in [-0.3, -0.25) is 9.78 Å². The zero-order valence-electron chi connectivity index (χ0n) is 15.8. The second-order valence-corrected chi connectivity index (χ2v) is 6.59. The van der Waals surface area contributed by atoms with Crippen LogP contribution in [0.3, 0.4) is 0 Å². The summed E-state index contributed by atoms with van der Waals surface area (Å²) in [5.41, 5.74) is 3.19. The molecule has 0 saturated heterocycles. The third-order valence-corrected chi connectivity index (χ3v) is 4.50. The van der Waals surface area contributed by atoms with Gasteiger partial charge in [0.15, 0.2) is 0 Å². The summed E-state index contributed by atoms with van der Waals surface area (Å²) in [6.07, 6.45) is 5.35. The minimum atomic E-state index is -0.868. The van der Waals surface area contributed by atoms with E-state index in [0.29, 0.717) is 12.8 Å². The average molecular weight is 369 g/mol. The average Bonchev–Trinajstić information content (AvgIpc) is 2.66. The number of aryl methyl sites for hydroxylation is 1. The lowest BCUT2D eigenvalue weighted by molar-refractivity contribution is -0.137. The molecule has 0 bridgehead atoms. The first-order valence-electron chi connectivity index (χ1n) is 9.25. The minimum Gasteiger partial charge on any atom is -0.481 e. The maximum atomic E-state index is 12.5. The molecule has 1 aromatic heterocycles. The number of carboxylic acids is 1. The highest BCUT2D eigenvalue weighted by Gasteiger charge is 2.17. The number of benzene rings is 1. The van der Waals surface area contributed by atoms with Crippen LogP contribution < -0.4 is 10.6 Å². The van der Waals surface area contributed by atoms with Crippen LogP contribution in [0.5, 0.6) is 0 Å². The van der Waals surface area contributed by atoms with E-state index in [-0.39, 0.29) is 24.5 Å². The quantitative estimate of drug-likeness (QED) is 0.631. The third kappa shape index (κ3) is 6.73. The molecule has 0 saturated carbocycles. The maximum Gasteiger partial charge on any atom is 0.315 e. The standard InChI is InChI=1S/C21H27N3O3/c1-3-17-14-22-12-11-19(17)15(2)23-21(27)24-18(9-10-20(25)26)13-16-7-5-4-6-8-16/h4-8,11-12,14-15,18H,3,9-10,13H2,1-2H3,(H,25,26)(H2,23,24,27). The molecule has 27 heavy (non-hydrogen) atoms. The van der Waals surface area contributed by atoms with Gasteiger partial charge < -0.3 is 15.7 Å². The molecule has 0 aliphatic rings. The molecule has 2 rings (SSSR count). The third-order valence-electron chi connectivity index (χ3n) is 4.50. The number of amides is 2. The number of carboxylic acid groups (broad SMARTS) is 1. The molecule has 2 aromatic rings. The van der Waals surface area contributed by atoms with Gasteiger partial charge in [-0.15, -0.1) is 0 Å². The van der Waals surface area contributed by atoms with Crippen LogP contribution in [0.4, 0.5) is 4.79 Å². The summed E-state index contributed by atoms with van der Waals surface area (Å²) in [4.78, 5) is 27.6. The van der Waals surface area contributed by atoms with Gasteiger partial charge in [0, 0.05) is 24.9 Å². The molecular weight excluding hydrogens is 342 g/mol. The van der Waals surface area contributed by atoms with Gasteiger partial charge in [0.25, 0.3) is 0 Å². The SMILES string of the molecule is CCc1cnccc1C(C)NC(=O)NC(CCC(=O)O)Cc1ccccc1. The van der Waals surface area contributed by atoms with Crippen molar-refractivity contribution in [2.45, 2.75) is 51.6 Å². The fourth-order valence-electron chi connectivity index (χ4n) is 3.08. The summed E-state index contributed by atoms with van der Waals surface area (Å²) in [6, 6.07) is 10.9. The van der Waals surface area contributed by atoms with Gasteiger partial charge in [-0.05, 0) is 48.9 Å². The topological polar surface area (TPSA) is 91.3 Å². The molecule has 144 valence electrons. The zero-order chi connectivity index (χ0) is 19.6. The first-order chi connectivity index (χ1) is 13.0. The van der Waals surface area contributed by atoms with E-state index >= 15 is 0 Å². The fourth-order valence-corrected chi connectivity index (χ4v) is 3.08. The summed E-state index contributed by atoms with van der Waals surface area (Å²) in [6.45, 7) is 3.98. The van der Waals surface area contributed by atoms with Gasteiger partial charge in [0.2, 0.25) is 0 Å². The van der Waals surface area contributed by atoms with E-state index in [4.69, 9.17) is 5.11 Å². The number of aliphatic carboxylic acids is 1. The van der Waals surface area contributed by atoms with E-state index in [2.05, 4.69) is 22.5 Å².